The van der Waals surface area contributed by atoms with E-state index in [0.717, 1.165) is 0 Å². The fourth-order valence-electron chi connectivity index (χ4n) is 2.08. The Kier molecular flexibility index (Phi) is 2.99. The highest BCUT2D eigenvalue weighted by atomic mass is 35.5. The second kappa shape index (κ2) is 4.24. The van der Waals surface area contributed by atoms with E-state index in [4.69, 9.17) is 16.3 Å². The SMILES string of the molecule is CO[C@@H]1[C@@H]([CH+]CCl)[C@@H]1c1ccccc1. The Balaban J connectivity index is 2.06. The summed E-state index contributed by atoms with van der Waals surface area (Å²) in [6.45, 7) is 0. The lowest BCUT2D eigenvalue weighted by atomic mass is 10.1. The van der Waals surface area contributed by atoms with E-state index in [-0.39, 0.29) is 0 Å². The maximum absolute atomic E-state index is 5.70. The Morgan fingerprint density at radius 2 is 2.07 bits per heavy atom. The van der Waals surface area contributed by atoms with Gasteiger partial charge in [0.1, 0.15) is 12.0 Å². The molecule has 1 saturated carbocycles. The molecule has 0 bridgehead atoms. The van der Waals surface area contributed by atoms with Gasteiger partial charge in [0.15, 0.2) is 5.88 Å². The first-order valence-corrected chi connectivity index (χ1v) is 5.39. The van der Waals surface area contributed by atoms with Crippen molar-refractivity contribution in [1.29, 1.82) is 0 Å². The van der Waals surface area contributed by atoms with Gasteiger partial charge in [-0.1, -0.05) is 41.9 Å². The summed E-state index contributed by atoms with van der Waals surface area (Å²) in [6.07, 6.45) is 2.46. The number of methoxy groups -OCH3 is 1. The van der Waals surface area contributed by atoms with E-state index in [2.05, 4.69) is 30.7 Å². The lowest BCUT2D eigenvalue weighted by Crippen LogP contribution is -1.92. The molecular weight excluding hydrogens is 196 g/mol. The molecule has 0 saturated heterocycles. The van der Waals surface area contributed by atoms with Gasteiger partial charge >= 0.3 is 0 Å². The summed E-state index contributed by atoms with van der Waals surface area (Å²) in [7, 11) is 1.77. The maximum Gasteiger partial charge on any atom is 0.161 e. The van der Waals surface area contributed by atoms with Crippen molar-refractivity contribution in [3.05, 3.63) is 42.3 Å². The molecule has 1 fully saturated rings. The Hall–Kier alpha value is -0.660. The Labute approximate surface area is 90.0 Å². The molecule has 0 aromatic heterocycles. The predicted octanol–water partition coefficient (Wildman–Crippen LogP) is 2.86. The largest absolute Gasteiger partial charge is 0.376 e. The monoisotopic (exact) mass is 209 g/mol. The molecule has 74 valence electrons. The quantitative estimate of drug-likeness (QED) is 0.548. The molecule has 0 N–H and O–H groups in total. The maximum atomic E-state index is 5.70. The molecule has 0 unspecified atom stereocenters. The van der Waals surface area contributed by atoms with E-state index < -0.39 is 0 Å². The van der Waals surface area contributed by atoms with Gasteiger partial charge in [-0.05, 0) is 5.56 Å². The summed E-state index contributed by atoms with van der Waals surface area (Å²) in [6, 6.07) is 10.5. The molecule has 1 aromatic carbocycles. The highest BCUT2D eigenvalue weighted by Crippen LogP contribution is 2.51. The van der Waals surface area contributed by atoms with Gasteiger partial charge in [-0.2, -0.15) is 0 Å². The van der Waals surface area contributed by atoms with Crippen LogP contribution in [-0.4, -0.2) is 19.1 Å². The summed E-state index contributed by atoms with van der Waals surface area (Å²) in [5.41, 5.74) is 1.35. The third-order valence-corrected chi connectivity index (χ3v) is 3.00. The molecule has 0 aliphatic heterocycles. The second-order valence-corrected chi connectivity index (χ2v) is 3.91. The molecule has 2 heteroatoms. The highest BCUT2D eigenvalue weighted by Gasteiger charge is 2.57. The van der Waals surface area contributed by atoms with Crippen LogP contribution < -0.4 is 0 Å². The Morgan fingerprint density at radius 3 is 2.64 bits per heavy atom. The highest BCUT2D eigenvalue weighted by molar-refractivity contribution is 6.18. The van der Waals surface area contributed by atoms with E-state index in [0.29, 0.717) is 23.8 Å². The first-order chi connectivity index (χ1) is 6.88. The fourth-order valence-corrected chi connectivity index (χ4v) is 2.29. The van der Waals surface area contributed by atoms with Gasteiger partial charge in [-0.3, -0.25) is 0 Å². The molecule has 0 radical (unpaired) electrons. The van der Waals surface area contributed by atoms with Crippen LogP contribution in [0.1, 0.15) is 11.5 Å². The molecule has 1 aliphatic rings. The van der Waals surface area contributed by atoms with Gasteiger partial charge in [0.25, 0.3) is 0 Å². The van der Waals surface area contributed by atoms with E-state index in [1.807, 2.05) is 6.07 Å². The molecule has 3 atom stereocenters. The van der Waals surface area contributed by atoms with Gasteiger partial charge < -0.3 is 4.74 Å². The van der Waals surface area contributed by atoms with Crippen LogP contribution in [0.2, 0.25) is 0 Å². The topological polar surface area (TPSA) is 9.23 Å². The number of alkyl halides is 1. The third kappa shape index (κ3) is 1.75. The molecule has 14 heavy (non-hydrogen) atoms. The van der Waals surface area contributed by atoms with Gasteiger partial charge in [0, 0.05) is 7.11 Å². The predicted molar refractivity (Wildman–Crippen MR) is 58.5 cm³/mol. The van der Waals surface area contributed by atoms with E-state index >= 15 is 0 Å². The van der Waals surface area contributed by atoms with Crippen LogP contribution in [0, 0.1) is 12.3 Å². The minimum absolute atomic E-state index is 0.330. The summed E-state index contributed by atoms with van der Waals surface area (Å²) >= 11 is 5.70. The lowest BCUT2D eigenvalue weighted by Gasteiger charge is -1.95. The molecule has 1 aromatic rings. The van der Waals surface area contributed by atoms with Crippen molar-refractivity contribution >= 4 is 11.6 Å². The number of rotatable bonds is 4. The van der Waals surface area contributed by atoms with Gasteiger partial charge in [0.2, 0.25) is 0 Å². The molecule has 2 rings (SSSR count). The summed E-state index contributed by atoms with van der Waals surface area (Å²) in [5, 5.41) is 0. The first kappa shape index (κ1) is 9.88. The zero-order valence-electron chi connectivity index (χ0n) is 8.19. The van der Waals surface area contributed by atoms with Crippen LogP contribution in [0.4, 0.5) is 0 Å². The molecule has 1 aliphatic carbocycles. The van der Waals surface area contributed by atoms with E-state index in [1.54, 1.807) is 7.11 Å². The standard InChI is InChI=1S/C12H14ClO/c1-14-12-10(7-8-13)11(12)9-5-3-2-4-6-9/h2-7,10-12H,8H2,1H3/q+1/t10-,11-,12+/m0/s1. The Bertz CT molecular complexity index is 286. The average molecular weight is 210 g/mol. The van der Waals surface area contributed by atoms with Crippen molar-refractivity contribution in [3.8, 4) is 0 Å². The van der Waals surface area contributed by atoms with Gasteiger partial charge in [-0.25, -0.2) is 0 Å². The summed E-state index contributed by atoms with van der Waals surface area (Å²) in [5.74, 6) is 1.62. The Morgan fingerprint density at radius 1 is 1.36 bits per heavy atom. The van der Waals surface area contributed by atoms with Crippen LogP contribution >= 0.6 is 11.6 Å². The minimum Gasteiger partial charge on any atom is -0.376 e. The van der Waals surface area contributed by atoms with Gasteiger partial charge in [0.05, 0.1) is 12.3 Å². The third-order valence-electron chi connectivity index (χ3n) is 2.82. The van der Waals surface area contributed by atoms with Gasteiger partial charge in [-0.15, -0.1) is 0 Å². The minimum atomic E-state index is 0.330. The fraction of sp³-hybridized carbons (Fsp3) is 0.417. The molecule has 0 amide bonds. The molecular formula is C12H14ClO+. The van der Waals surface area contributed by atoms with Crippen molar-refractivity contribution in [1.82, 2.24) is 0 Å². The number of hydrogen-bond acceptors (Lipinski definition) is 1. The summed E-state index contributed by atoms with van der Waals surface area (Å²) in [4.78, 5) is 0. The number of hydrogen-bond donors (Lipinski definition) is 0. The van der Waals surface area contributed by atoms with Crippen LogP contribution in [0.15, 0.2) is 30.3 Å². The van der Waals surface area contributed by atoms with Crippen molar-refractivity contribution in [2.75, 3.05) is 13.0 Å². The summed E-state index contributed by atoms with van der Waals surface area (Å²) < 4.78 is 5.40. The molecule has 1 nitrogen and oxygen atoms in total. The number of ether oxygens (including phenoxy) is 1. The second-order valence-electron chi connectivity index (χ2n) is 3.60. The lowest BCUT2D eigenvalue weighted by molar-refractivity contribution is 0.169. The van der Waals surface area contributed by atoms with Crippen molar-refractivity contribution in [2.45, 2.75) is 12.0 Å². The average Bonchev–Trinajstić information content (AvgIpc) is 2.93. The number of halogens is 1. The van der Waals surface area contributed by atoms with Crippen molar-refractivity contribution < 1.29 is 4.74 Å². The normalized spacial score (nSPS) is 30.0. The number of benzene rings is 1. The van der Waals surface area contributed by atoms with Crippen LogP contribution in [0.5, 0.6) is 0 Å². The van der Waals surface area contributed by atoms with Crippen LogP contribution in [0.25, 0.3) is 0 Å². The van der Waals surface area contributed by atoms with Crippen LogP contribution in [-0.2, 0) is 4.74 Å². The van der Waals surface area contributed by atoms with E-state index in [9.17, 15) is 0 Å². The molecule has 0 spiro atoms. The first-order valence-electron chi connectivity index (χ1n) is 4.85. The van der Waals surface area contributed by atoms with Crippen molar-refractivity contribution in [2.24, 2.45) is 5.92 Å². The van der Waals surface area contributed by atoms with Crippen LogP contribution in [0.3, 0.4) is 0 Å². The molecule has 0 heterocycles. The zero-order chi connectivity index (χ0) is 9.97. The smallest absolute Gasteiger partial charge is 0.161 e. The van der Waals surface area contributed by atoms with Crippen molar-refractivity contribution in [3.63, 3.8) is 0 Å². The van der Waals surface area contributed by atoms with E-state index in [1.165, 1.54) is 5.56 Å². The zero-order valence-corrected chi connectivity index (χ0v) is 8.95.